The molecule has 0 spiro atoms. The van der Waals surface area contributed by atoms with Gasteiger partial charge in [-0.1, -0.05) is 12.1 Å². The van der Waals surface area contributed by atoms with E-state index in [4.69, 9.17) is 18.9 Å². The van der Waals surface area contributed by atoms with E-state index in [-0.39, 0.29) is 24.0 Å². The predicted molar refractivity (Wildman–Crippen MR) is 126 cm³/mol. The normalized spacial score (nSPS) is 14.8. The molecule has 1 unspecified atom stereocenters. The van der Waals surface area contributed by atoms with E-state index in [2.05, 4.69) is 22.8 Å². The maximum absolute atomic E-state index is 5.40. The monoisotopic (exact) mass is 513 g/mol. The van der Waals surface area contributed by atoms with Gasteiger partial charge in [0.2, 0.25) is 0 Å². The fourth-order valence-electron chi connectivity index (χ4n) is 3.15. The number of benzene rings is 1. The van der Waals surface area contributed by atoms with Crippen molar-refractivity contribution in [2.75, 3.05) is 33.9 Å². The number of ether oxygens (including phenoxy) is 2. The lowest BCUT2D eigenvalue weighted by atomic mass is 10.1. The molecule has 160 valence electrons. The van der Waals surface area contributed by atoms with E-state index in [0.29, 0.717) is 25.1 Å². The number of hydrogen-bond acceptors (Lipinski definition) is 4. The van der Waals surface area contributed by atoms with Crippen molar-refractivity contribution >= 4 is 29.9 Å². The highest BCUT2D eigenvalue weighted by molar-refractivity contribution is 14.0. The smallest absolute Gasteiger partial charge is 0.191 e. The van der Waals surface area contributed by atoms with Gasteiger partial charge in [0.05, 0.1) is 26.0 Å². The van der Waals surface area contributed by atoms with Crippen LogP contribution < -0.4 is 15.4 Å². The first-order valence-corrected chi connectivity index (χ1v) is 9.97. The lowest BCUT2D eigenvalue weighted by Gasteiger charge is -2.21. The van der Waals surface area contributed by atoms with E-state index >= 15 is 0 Å². The molecule has 6 nitrogen and oxygen atoms in total. The number of hydrogen-bond donors (Lipinski definition) is 2. The second-order valence-electron chi connectivity index (χ2n) is 7.13. The van der Waals surface area contributed by atoms with Gasteiger partial charge < -0.3 is 24.5 Å². The molecule has 0 aliphatic heterocycles. The Morgan fingerprint density at radius 2 is 1.97 bits per heavy atom. The first-order chi connectivity index (χ1) is 13.8. The second-order valence-corrected chi connectivity index (χ2v) is 7.13. The standard InChI is InChI=1S/C22H31N3O3.HI/c1-26-16-21(18-7-8-18)25-22(24-14-12-20-4-3-15-28-20)23-13-11-17-5-9-19(27-2)10-6-17;/h3-6,9-10,15,18,21H,7-8,11-14,16H2,1-2H3,(H2,23,24,25);1H. The zero-order valence-electron chi connectivity index (χ0n) is 17.2. The summed E-state index contributed by atoms with van der Waals surface area (Å²) in [6.45, 7) is 2.18. The summed E-state index contributed by atoms with van der Waals surface area (Å²) in [6.07, 6.45) is 5.92. The van der Waals surface area contributed by atoms with Gasteiger partial charge in [-0.2, -0.15) is 0 Å². The van der Waals surface area contributed by atoms with Crippen molar-refractivity contribution in [1.29, 1.82) is 0 Å². The lowest BCUT2D eigenvalue weighted by Crippen LogP contribution is -2.47. The Balaban J connectivity index is 0.00000300. The van der Waals surface area contributed by atoms with Crippen molar-refractivity contribution in [2.45, 2.75) is 31.7 Å². The van der Waals surface area contributed by atoms with Crippen LogP contribution in [0.1, 0.15) is 24.2 Å². The molecule has 1 heterocycles. The molecule has 1 saturated carbocycles. The van der Waals surface area contributed by atoms with Crippen LogP contribution in [0.25, 0.3) is 0 Å². The molecule has 1 aliphatic rings. The van der Waals surface area contributed by atoms with Crippen LogP contribution in [0.4, 0.5) is 0 Å². The Bertz CT molecular complexity index is 715. The Morgan fingerprint density at radius 3 is 2.59 bits per heavy atom. The molecule has 1 aliphatic carbocycles. The molecule has 0 amide bonds. The van der Waals surface area contributed by atoms with Crippen molar-refractivity contribution in [3.63, 3.8) is 0 Å². The number of nitrogens with one attached hydrogen (secondary N) is 2. The Labute approximate surface area is 190 Å². The van der Waals surface area contributed by atoms with Crippen LogP contribution in [0.3, 0.4) is 0 Å². The molecule has 0 saturated heterocycles. The van der Waals surface area contributed by atoms with Crippen molar-refractivity contribution < 1.29 is 13.9 Å². The molecule has 0 bridgehead atoms. The van der Waals surface area contributed by atoms with Crippen molar-refractivity contribution in [3.8, 4) is 5.75 Å². The van der Waals surface area contributed by atoms with Gasteiger partial charge in [0.1, 0.15) is 11.5 Å². The van der Waals surface area contributed by atoms with Gasteiger partial charge in [-0.3, -0.25) is 4.99 Å². The van der Waals surface area contributed by atoms with E-state index in [1.54, 1.807) is 20.5 Å². The summed E-state index contributed by atoms with van der Waals surface area (Å²) in [5.74, 6) is 3.36. The molecule has 29 heavy (non-hydrogen) atoms. The van der Waals surface area contributed by atoms with Crippen LogP contribution in [0.2, 0.25) is 0 Å². The van der Waals surface area contributed by atoms with Crippen LogP contribution in [0.5, 0.6) is 5.75 Å². The summed E-state index contributed by atoms with van der Waals surface area (Å²) in [5, 5.41) is 7.03. The average molecular weight is 513 g/mol. The minimum atomic E-state index is 0. The molecule has 1 aromatic carbocycles. The predicted octanol–water partition coefficient (Wildman–Crippen LogP) is 3.65. The molecule has 0 radical (unpaired) electrons. The SMILES string of the molecule is COCC(NC(=NCCc1ccco1)NCCc1ccc(OC)cc1)C1CC1.I. The summed E-state index contributed by atoms with van der Waals surface area (Å²) in [6, 6.07) is 12.4. The van der Waals surface area contributed by atoms with Gasteiger partial charge in [-0.05, 0) is 55.0 Å². The summed E-state index contributed by atoms with van der Waals surface area (Å²) >= 11 is 0. The van der Waals surface area contributed by atoms with E-state index in [1.165, 1.54) is 18.4 Å². The number of aliphatic imine (C=N–C) groups is 1. The maximum atomic E-state index is 5.40. The van der Waals surface area contributed by atoms with Crippen LogP contribution in [-0.4, -0.2) is 45.9 Å². The van der Waals surface area contributed by atoms with Crippen LogP contribution in [-0.2, 0) is 17.6 Å². The third-order valence-corrected chi connectivity index (χ3v) is 4.93. The third kappa shape index (κ3) is 8.26. The minimum absolute atomic E-state index is 0. The van der Waals surface area contributed by atoms with Crippen molar-refractivity contribution in [3.05, 3.63) is 54.0 Å². The van der Waals surface area contributed by atoms with E-state index in [1.807, 2.05) is 24.3 Å². The Morgan fingerprint density at radius 1 is 1.17 bits per heavy atom. The highest BCUT2D eigenvalue weighted by Gasteiger charge is 2.31. The Kier molecular flexibility index (Phi) is 10.3. The van der Waals surface area contributed by atoms with E-state index in [9.17, 15) is 0 Å². The number of guanidine groups is 1. The summed E-state index contributed by atoms with van der Waals surface area (Å²) in [5.41, 5.74) is 1.26. The number of rotatable bonds is 11. The molecular weight excluding hydrogens is 481 g/mol. The van der Waals surface area contributed by atoms with Gasteiger partial charge >= 0.3 is 0 Å². The second kappa shape index (κ2) is 12.7. The zero-order chi connectivity index (χ0) is 19.6. The molecular formula is C22H32IN3O3. The number of halogens is 1. The summed E-state index contributed by atoms with van der Waals surface area (Å²) in [7, 11) is 3.44. The minimum Gasteiger partial charge on any atom is -0.497 e. The number of methoxy groups -OCH3 is 2. The molecule has 3 rings (SSSR count). The number of furan rings is 1. The van der Waals surface area contributed by atoms with E-state index < -0.39 is 0 Å². The van der Waals surface area contributed by atoms with Gasteiger partial charge in [0, 0.05) is 26.6 Å². The molecule has 2 N–H and O–H groups in total. The molecule has 2 aromatic rings. The zero-order valence-corrected chi connectivity index (χ0v) is 19.6. The molecule has 1 fully saturated rings. The first kappa shape index (κ1) is 23.5. The Hall–Kier alpha value is -1.74. The fourth-order valence-corrected chi connectivity index (χ4v) is 3.15. The molecule has 7 heteroatoms. The highest BCUT2D eigenvalue weighted by atomic mass is 127. The maximum Gasteiger partial charge on any atom is 0.191 e. The number of nitrogens with zero attached hydrogens (tertiary/aromatic N) is 1. The summed E-state index contributed by atoms with van der Waals surface area (Å²) in [4.78, 5) is 4.75. The quantitative estimate of drug-likeness (QED) is 0.273. The van der Waals surface area contributed by atoms with Gasteiger partial charge in [-0.15, -0.1) is 24.0 Å². The first-order valence-electron chi connectivity index (χ1n) is 9.97. The van der Waals surface area contributed by atoms with Gasteiger partial charge in [0.15, 0.2) is 5.96 Å². The highest BCUT2D eigenvalue weighted by Crippen LogP contribution is 2.32. The fraction of sp³-hybridized carbons (Fsp3) is 0.500. The van der Waals surface area contributed by atoms with Crippen LogP contribution in [0.15, 0.2) is 52.1 Å². The van der Waals surface area contributed by atoms with Crippen LogP contribution >= 0.6 is 24.0 Å². The lowest BCUT2D eigenvalue weighted by molar-refractivity contribution is 0.165. The molecule has 1 aromatic heterocycles. The average Bonchev–Trinajstić information content (AvgIpc) is 3.44. The topological polar surface area (TPSA) is 68.0 Å². The van der Waals surface area contributed by atoms with Crippen molar-refractivity contribution in [2.24, 2.45) is 10.9 Å². The van der Waals surface area contributed by atoms with Gasteiger partial charge in [-0.25, -0.2) is 0 Å². The third-order valence-electron chi connectivity index (χ3n) is 4.93. The molecule has 1 atom stereocenters. The van der Waals surface area contributed by atoms with E-state index in [0.717, 1.165) is 36.9 Å². The van der Waals surface area contributed by atoms with Crippen LogP contribution in [0, 0.1) is 5.92 Å². The largest absolute Gasteiger partial charge is 0.497 e. The van der Waals surface area contributed by atoms with Crippen molar-refractivity contribution in [1.82, 2.24) is 10.6 Å². The summed E-state index contributed by atoms with van der Waals surface area (Å²) < 4.78 is 16.0. The van der Waals surface area contributed by atoms with Gasteiger partial charge in [0.25, 0.3) is 0 Å².